The number of rotatable bonds is 3. The van der Waals surface area contributed by atoms with Gasteiger partial charge in [0.2, 0.25) is 0 Å². The first-order chi connectivity index (χ1) is 8.97. The lowest BCUT2D eigenvalue weighted by molar-refractivity contribution is -0.384. The highest BCUT2D eigenvalue weighted by molar-refractivity contribution is 6.33. The number of nitrogens with zero attached hydrogens (tertiary/aromatic N) is 1. The number of anilines is 1. The maximum atomic E-state index is 10.8. The molecule has 19 heavy (non-hydrogen) atoms. The second-order valence-corrected chi connectivity index (χ2v) is 5.94. The van der Waals surface area contributed by atoms with E-state index >= 15 is 0 Å². The monoisotopic (exact) mass is 282 g/mol. The van der Waals surface area contributed by atoms with E-state index in [0.717, 1.165) is 18.8 Å². The van der Waals surface area contributed by atoms with Crippen molar-refractivity contribution >= 4 is 23.0 Å². The standard InChI is InChI=1S/C14H19ClN2O2/c1-9-3-4-11(7-10(9)2)16-14-8-12(17(18)19)5-6-13(14)15/h5-6,8-11,16H,3-4,7H2,1-2H3. The first-order valence-corrected chi connectivity index (χ1v) is 7.05. The molecule has 1 aliphatic carbocycles. The van der Waals surface area contributed by atoms with Crippen molar-refractivity contribution in [1.29, 1.82) is 0 Å². The van der Waals surface area contributed by atoms with Crippen molar-refractivity contribution in [2.45, 2.75) is 39.2 Å². The summed E-state index contributed by atoms with van der Waals surface area (Å²) in [6.45, 7) is 4.54. The summed E-state index contributed by atoms with van der Waals surface area (Å²) in [6.07, 6.45) is 3.36. The average molecular weight is 283 g/mol. The molecule has 104 valence electrons. The van der Waals surface area contributed by atoms with Gasteiger partial charge in [-0.25, -0.2) is 0 Å². The zero-order valence-electron chi connectivity index (χ0n) is 11.2. The van der Waals surface area contributed by atoms with Gasteiger partial charge >= 0.3 is 0 Å². The van der Waals surface area contributed by atoms with Crippen molar-refractivity contribution in [2.24, 2.45) is 11.8 Å². The van der Waals surface area contributed by atoms with E-state index in [1.54, 1.807) is 6.07 Å². The molecule has 0 heterocycles. The van der Waals surface area contributed by atoms with Gasteiger partial charge in [0.15, 0.2) is 0 Å². The third kappa shape index (κ3) is 3.38. The predicted molar refractivity (Wildman–Crippen MR) is 77.7 cm³/mol. The average Bonchev–Trinajstić information content (AvgIpc) is 2.36. The molecule has 1 aromatic carbocycles. The molecule has 3 atom stereocenters. The Morgan fingerprint density at radius 2 is 2.05 bits per heavy atom. The van der Waals surface area contributed by atoms with E-state index in [2.05, 4.69) is 19.2 Å². The summed E-state index contributed by atoms with van der Waals surface area (Å²) in [4.78, 5) is 10.4. The summed E-state index contributed by atoms with van der Waals surface area (Å²) in [6, 6.07) is 4.88. The summed E-state index contributed by atoms with van der Waals surface area (Å²) >= 11 is 6.10. The van der Waals surface area contributed by atoms with E-state index in [4.69, 9.17) is 11.6 Å². The summed E-state index contributed by atoms with van der Waals surface area (Å²) in [5, 5.41) is 14.7. The van der Waals surface area contributed by atoms with Gasteiger partial charge in [-0.05, 0) is 37.2 Å². The van der Waals surface area contributed by atoms with E-state index in [1.165, 1.54) is 18.6 Å². The Morgan fingerprint density at radius 3 is 2.68 bits per heavy atom. The Bertz CT molecular complexity index is 479. The lowest BCUT2D eigenvalue weighted by Crippen LogP contribution is -2.30. The van der Waals surface area contributed by atoms with Crippen LogP contribution in [0.15, 0.2) is 18.2 Å². The van der Waals surface area contributed by atoms with Crippen LogP contribution >= 0.6 is 11.6 Å². The van der Waals surface area contributed by atoms with Crippen LogP contribution in [0.5, 0.6) is 0 Å². The smallest absolute Gasteiger partial charge is 0.271 e. The number of nitro groups is 1. The van der Waals surface area contributed by atoms with Gasteiger partial charge in [0.25, 0.3) is 5.69 Å². The van der Waals surface area contributed by atoms with Crippen molar-refractivity contribution in [3.05, 3.63) is 33.3 Å². The second kappa shape index (κ2) is 5.78. The van der Waals surface area contributed by atoms with E-state index < -0.39 is 4.92 Å². The van der Waals surface area contributed by atoms with Crippen molar-refractivity contribution in [3.8, 4) is 0 Å². The molecular weight excluding hydrogens is 264 g/mol. The minimum absolute atomic E-state index is 0.0733. The number of nitrogens with one attached hydrogen (secondary N) is 1. The molecule has 0 saturated heterocycles. The molecule has 1 aromatic rings. The third-order valence-corrected chi connectivity index (χ3v) is 4.45. The van der Waals surface area contributed by atoms with Gasteiger partial charge in [-0.3, -0.25) is 10.1 Å². The molecule has 1 aliphatic rings. The number of non-ortho nitro benzene ring substituents is 1. The highest BCUT2D eigenvalue weighted by Gasteiger charge is 2.25. The molecule has 0 amide bonds. The molecule has 0 bridgehead atoms. The van der Waals surface area contributed by atoms with Gasteiger partial charge in [0.1, 0.15) is 0 Å². The molecule has 0 radical (unpaired) electrons. The van der Waals surface area contributed by atoms with E-state index in [9.17, 15) is 10.1 Å². The minimum Gasteiger partial charge on any atom is -0.381 e. The lowest BCUT2D eigenvalue weighted by atomic mass is 9.79. The maximum absolute atomic E-state index is 10.8. The number of hydrogen-bond acceptors (Lipinski definition) is 3. The van der Waals surface area contributed by atoms with Crippen LogP contribution in [-0.4, -0.2) is 11.0 Å². The van der Waals surface area contributed by atoms with Crippen LogP contribution in [0.3, 0.4) is 0 Å². The lowest BCUT2D eigenvalue weighted by Gasteiger charge is -2.33. The zero-order chi connectivity index (χ0) is 14.0. The Balaban J connectivity index is 2.10. The molecule has 4 nitrogen and oxygen atoms in total. The Kier molecular flexibility index (Phi) is 4.30. The number of nitro benzene ring substituents is 1. The SMILES string of the molecule is CC1CCC(Nc2cc([N+](=O)[O-])ccc2Cl)CC1C. The molecular formula is C14H19ClN2O2. The molecule has 0 aromatic heterocycles. The van der Waals surface area contributed by atoms with Crippen molar-refractivity contribution < 1.29 is 4.92 Å². The normalized spacial score (nSPS) is 27.0. The topological polar surface area (TPSA) is 55.2 Å². The fraction of sp³-hybridized carbons (Fsp3) is 0.571. The van der Waals surface area contributed by atoms with Crippen LogP contribution in [0.25, 0.3) is 0 Å². The quantitative estimate of drug-likeness (QED) is 0.657. The second-order valence-electron chi connectivity index (χ2n) is 5.53. The van der Waals surface area contributed by atoms with Crippen LogP contribution in [0.2, 0.25) is 5.02 Å². The largest absolute Gasteiger partial charge is 0.381 e. The van der Waals surface area contributed by atoms with Crippen molar-refractivity contribution in [1.82, 2.24) is 0 Å². The van der Waals surface area contributed by atoms with Gasteiger partial charge in [0, 0.05) is 18.2 Å². The van der Waals surface area contributed by atoms with Crippen LogP contribution in [0.1, 0.15) is 33.1 Å². The summed E-state index contributed by atoms with van der Waals surface area (Å²) < 4.78 is 0. The molecule has 1 N–H and O–H groups in total. The minimum atomic E-state index is -0.396. The first kappa shape index (κ1) is 14.1. The van der Waals surface area contributed by atoms with Crippen LogP contribution < -0.4 is 5.32 Å². The molecule has 3 unspecified atom stereocenters. The highest BCUT2D eigenvalue weighted by Crippen LogP contribution is 2.33. The van der Waals surface area contributed by atoms with Gasteiger partial charge in [-0.1, -0.05) is 25.4 Å². The third-order valence-electron chi connectivity index (χ3n) is 4.12. The highest BCUT2D eigenvalue weighted by atomic mass is 35.5. The van der Waals surface area contributed by atoms with Crippen LogP contribution in [0, 0.1) is 22.0 Å². The summed E-state index contributed by atoms with van der Waals surface area (Å²) in [5.41, 5.74) is 0.742. The van der Waals surface area contributed by atoms with Gasteiger partial charge < -0.3 is 5.32 Å². The predicted octanol–water partition coefficient (Wildman–Crippen LogP) is 4.48. The van der Waals surface area contributed by atoms with Gasteiger partial charge in [0.05, 0.1) is 15.6 Å². The number of halogens is 1. The molecule has 1 saturated carbocycles. The van der Waals surface area contributed by atoms with E-state index in [0.29, 0.717) is 22.7 Å². The molecule has 5 heteroatoms. The summed E-state index contributed by atoms with van der Waals surface area (Å²) in [7, 11) is 0. The van der Waals surface area contributed by atoms with E-state index in [-0.39, 0.29) is 5.69 Å². The maximum Gasteiger partial charge on any atom is 0.271 e. The Labute approximate surface area is 118 Å². The number of hydrogen-bond donors (Lipinski definition) is 1. The van der Waals surface area contributed by atoms with E-state index in [1.807, 2.05) is 0 Å². The Hall–Kier alpha value is -1.29. The van der Waals surface area contributed by atoms with Crippen molar-refractivity contribution in [3.63, 3.8) is 0 Å². The van der Waals surface area contributed by atoms with Gasteiger partial charge in [-0.15, -0.1) is 0 Å². The zero-order valence-corrected chi connectivity index (χ0v) is 12.0. The number of benzene rings is 1. The molecule has 2 rings (SSSR count). The molecule has 0 aliphatic heterocycles. The first-order valence-electron chi connectivity index (χ1n) is 6.68. The Morgan fingerprint density at radius 1 is 1.32 bits per heavy atom. The summed E-state index contributed by atoms with van der Waals surface area (Å²) in [5.74, 6) is 1.42. The van der Waals surface area contributed by atoms with Crippen LogP contribution in [-0.2, 0) is 0 Å². The van der Waals surface area contributed by atoms with Crippen molar-refractivity contribution in [2.75, 3.05) is 5.32 Å². The molecule has 0 spiro atoms. The fourth-order valence-electron chi connectivity index (χ4n) is 2.64. The van der Waals surface area contributed by atoms with Gasteiger partial charge in [-0.2, -0.15) is 0 Å². The van der Waals surface area contributed by atoms with Crippen LogP contribution in [0.4, 0.5) is 11.4 Å². The fourth-order valence-corrected chi connectivity index (χ4v) is 2.81. The molecule has 1 fully saturated rings.